The molecule has 0 aliphatic rings. The van der Waals surface area contributed by atoms with Crippen LogP contribution in [0, 0.1) is 5.92 Å². The Morgan fingerprint density at radius 3 is 2.57 bits per heavy atom. The van der Waals surface area contributed by atoms with Crippen LogP contribution in [0.5, 0.6) is 0 Å². The fourth-order valence-electron chi connectivity index (χ4n) is 1.98. The topological polar surface area (TPSA) is 50.7 Å². The third-order valence-corrected chi connectivity index (χ3v) is 3.27. The maximum atomic E-state index is 6.20. The third-order valence-electron chi connectivity index (χ3n) is 2.77. The van der Waals surface area contributed by atoms with E-state index in [1.165, 1.54) is 0 Å². The maximum Gasteiger partial charge on any atom is 0.181 e. The molecule has 0 saturated heterocycles. The van der Waals surface area contributed by atoms with E-state index in [9.17, 15) is 0 Å². The number of nitrogens with zero attached hydrogens (tertiary/aromatic N) is 3. The lowest BCUT2D eigenvalue weighted by Crippen LogP contribution is -2.06. The van der Waals surface area contributed by atoms with Gasteiger partial charge in [0.1, 0.15) is 11.5 Å². The Morgan fingerprint density at radius 2 is 1.95 bits per heavy atom. The summed E-state index contributed by atoms with van der Waals surface area (Å²) in [5.41, 5.74) is 1.52. The third kappa shape index (κ3) is 4.29. The zero-order chi connectivity index (χ0) is 15.4. The lowest BCUT2D eigenvalue weighted by atomic mass is 10.1. The van der Waals surface area contributed by atoms with Crippen molar-refractivity contribution in [1.82, 2.24) is 15.0 Å². The number of hydrogen-bond donors (Lipinski definition) is 1. The summed E-state index contributed by atoms with van der Waals surface area (Å²) in [5.74, 6) is 1.81. The normalized spacial score (nSPS) is 11.0. The Bertz CT molecular complexity index is 629. The maximum absolute atomic E-state index is 6.20. The predicted octanol–water partition coefficient (Wildman–Crippen LogP) is 4.48. The number of rotatable bonds is 5. The molecule has 0 bridgehead atoms. The zero-order valence-corrected chi connectivity index (χ0v) is 13.8. The lowest BCUT2D eigenvalue weighted by molar-refractivity contribution is 0.634. The Hall–Kier alpha value is -1.39. The van der Waals surface area contributed by atoms with Crippen molar-refractivity contribution in [2.24, 2.45) is 5.92 Å². The number of pyridine rings is 1. The van der Waals surface area contributed by atoms with Crippen LogP contribution in [0.3, 0.4) is 0 Å². The van der Waals surface area contributed by atoms with Crippen LogP contribution in [0.1, 0.15) is 26.5 Å². The predicted molar refractivity (Wildman–Crippen MR) is 88.0 cm³/mol. The number of hydrogen-bond acceptors (Lipinski definition) is 4. The minimum atomic E-state index is 0.451. The molecule has 112 valence electrons. The number of halogens is 2. The molecule has 21 heavy (non-hydrogen) atoms. The molecule has 2 aromatic heterocycles. The van der Waals surface area contributed by atoms with Crippen molar-refractivity contribution in [2.45, 2.75) is 27.2 Å². The molecule has 1 N–H and O–H groups in total. The second-order valence-electron chi connectivity index (χ2n) is 5.18. The van der Waals surface area contributed by atoms with E-state index in [4.69, 9.17) is 23.2 Å². The minimum absolute atomic E-state index is 0.451. The van der Waals surface area contributed by atoms with Gasteiger partial charge in [0.05, 0.1) is 10.0 Å². The molecule has 0 aliphatic heterocycles. The van der Waals surface area contributed by atoms with Gasteiger partial charge in [-0.25, -0.2) is 15.0 Å². The molecule has 0 radical (unpaired) electrons. The first kappa shape index (κ1) is 16.0. The van der Waals surface area contributed by atoms with Crippen molar-refractivity contribution in [3.63, 3.8) is 0 Å². The van der Waals surface area contributed by atoms with Gasteiger partial charge in [0.2, 0.25) is 0 Å². The van der Waals surface area contributed by atoms with Crippen molar-refractivity contribution >= 4 is 29.0 Å². The van der Waals surface area contributed by atoms with Crippen LogP contribution in [0.4, 0.5) is 5.82 Å². The molecule has 0 unspecified atom stereocenters. The van der Waals surface area contributed by atoms with Crippen molar-refractivity contribution in [3.05, 3.63) is 34.1 Å². The first-order valence-corrected chi connectivity index (χ1v) is 7.68. The summed E-state index contributed by atoms with van der Waals surface area (Å²) in [6.45, 7) is 7.13. The molecule has 0 spiro atoms. The smallest absolute Gasteiger partial charge is 0.181 e. The molecule has 0 aromatic carbocycles. The zero-order valence-electron chi connectivity index (χ0n) is 12.3. The first-order chi connectivity index (χ1) is 9.99. The lowest BCUT2D eigenvalue weighted by Gasteiger charge is -2.11. The first-order valence-electron chi connectivity index (χ1n) is 6.92. The molecular formula is C15H18Cl2N4. The highest BCUT2D eigenvalue weighted by Crippen LogP contribution is 2.27. The minimum Gasteiger partial charge on any atom is -0.370 e. The number of aromatic nitrogens is 3. The molecule has 6 heteroatoms. The van der Waals surface area contributed by atoms with E-state index >= 15 is 0 Å². The second-order valence-corrected chi connectivity index (χ2v) is 6.02. The Labute approximate surface area is 134 Å². The summed E-state index contributed by atoms with van der Waals surface area (Å²) >= 11 is 12.1. The van der Waals surface area contributed by atoms with Crippen molar-refractivity contribution < 1.29 is 0 Å². The Morgan fingerprint density at radius 1 is 1.19 bits per heavy atom. The van der Waals surface area contributed by atoms with Crippen molar-refractivity contribution in [2.75, 3.05) is 11.9 Å². The molecule has 0 atom stereocenters. The van der Waals surface area contributed by atoms with E-state index in [-0.39, 0.29) is 0 Å². The molecular weight excluding hydrogens is 307 g/mol. The van der Waals surface area contributed by atoms with Gasteiger partial charge in [0.25, 0.3) is 0 Å². The van der Waals surface area contributed by atoms with Crippen molar-refractivity contribution in [3.8, 4) is 11.5 Å². The van der Waals surface area contributed by atoms with Gasteiger partial charge < -0.3 is 5.32 Å². The van der Waals surface area contributed by atoms with E-state index in [0.29, 0.717) is 27.5 Å². The fraction of sp³-hybridized carbons (Fsp3) is 0.400. The van der Waals surface area contributed by atoms with E-state index in [2.05, 4.69) is 34.1 Å². The molecule has 2 heterocycles. The van der Waals surface area contributed by atoms with Gasteiger partial charge in [-0.1, -0.05) is 37.0 Å². The van der Waals surface area contributed by atoms with Crippen LogP contribution < -0.4 is 5.32 Å². The van der Waals surface area contributed by atoms with Crippen molar-refractivity contribution in [1.29, 1.82) is 0 Å². The molecule has 2 rings (SSSR count). The van der Waals surface area contributed by atoms with E-state index in [1.807, 2.05) is 13.0 Å². The molecule has 2 aromatic rings. The summed E-state index contributed by atoms with van der Waals surface area (Å²) in [6, 6.07) is 3.62. The van der Waals surface area contributed by atoms with Crippen LogP contribution >= 0.6 is 23.2 Å². The summed E-state index contributed by atoms with van der Waals surface area (Å²) in [4.78, 5) is 13.3. The van der Waals surface area contributed by atoms with Crippen LogP contribution in [-0.2, 0) is 6.42 Å². The van der Waals surface area contributed by atoms with Crippen LogP contribution in [-0.4, -0.2) is 21.5 Å². The number of nitrogens with one attached hydrogen (secondary N) is 1. The molecule has 4 nitrogen and oxygen atoms in total. The largest absolute Gasteiger partial charge is 0.370 e. The highest BCUT2D eigenvalue weighted by molar-refractivity contribution is 6.35. The van der Waals surface area contributed by atoms with Gasteiger partial charge >= 0.3 is 0 Å². The second kappa shape index (κ2) is 7.05. The summed E-state index contributed by atoms with van der Waals surface area (Å²) in [7, 11) is 0. The molecule has 0 aliphatic carbocycles. The average molecular weight is 325 g/mol. The Kier molecular flexibility index (Phi) is 5.37. The molecule has 0 amide bonds. The van der Waals surface area contributed by atoms with E-state index in [1.54, 1.807) is 12.3 Å². The summed E-state index contributed by atoms with van der Waals surface area (Å²) in [6.07, 6.45) is 2.42. The van der Waals surface area contributed by atoms with Gasteiger partial charge in [-0.05, 0) is 25.3 Å². The average Bonchev–Trinajstić information content (AvgIpc) is 2.37. The van der Waals surface area contributed by atoms with Crippen LogP contribution in [0.2, 0.25) is 10.0 Å². The highest BCUT2D eigenvalue weighted by Gasteiger charge is 2.12. The summed E-state index contributed by atoms with van der Waals surface area (Å²) in [5, 5.41) is 4.16. The SMILES string of the molecule is CCNc1cc(CC(C)C)nc(-c2ncc(Cl)cc2Cl)n1. The Balaban J connectivity index is 2.48. The molecule has 0 saturated carbocycles. The van der Waals surface area contributed by atoms with Crippen LogP contribution in [0.25, 0.3) is 11.5 Å². The van der Waals surface area contributed by atoms with Crippen LogP contribution in [0.15, 0.2) is 18.3 Å². The van der Waals surface area contributed by atoms with Gasteiger partial charge in [-0.2, -0.15) is 0 Å². The quantitative estimate of drug-likeness (QED) is 0.881. The molecule has 0 fully saturated rings. The standard InChI is InChI=1S/C15H18Cl2N4/c1-4-18-13-7-11(5-9(2)3)20-15(21-13)14-12(17)6-10(16)8-19-14/h6-9H,4-5H2,1-3H3,(H,18,20,21). The van der Waals surface area contributed by atoms with Gasteiger partial charge in [0.15, 0.2) is 5.82 Å². The van der Waals surface area contributed by atoms with Gasteiger partial charge in [-0.3, -0.25) is 0 Å². The fourth-order valence-corrected chi connectivity index (χ4v) is 2.44. The number of anilines is 1. The summed E-state index contributed by atoms with van der Waals surface area (Å²) < 4.78 is 0. The van der Waals surface area contributed by atoms with E-state index in [0.717, 1.165) is 24.5 Å². The van der Waals surface area contributed by atoms with Gasteiger partial charge in [0, 0.05) is 24.5 Å². The highest BCUT2D eigenvalue weighted by atomic mass is 35.5. The monoisotopic (exact) mass is 324 g/mol. The van der Waals surface area contributed by atoms with Gasteiger partial charge in [-0.15, -0.1) is 0 Å². The van der Waals surface area contributed by atoms with E-state index < -0.39 is 0 Å².